The van der Waals surface area contributed by atoms with Crippen molar-refractivity contribution < 1.29 is 19.4 Å². The van der Waals surface area contributed by atoms with Gasteiger partial charge in [0.25, 0.3) is 0 Å². The lowest BCUT2D eigenvalue weighted by atomic mass is 10.0. The molecular weight excluding hydrogens is 332 g/mol. The summed E-state index contributed by atoms with van der Waals surface area (Å²) in [5.74, 6) is 1.25. The highest BCUT2D eigenvalue weighted by Crippen LogP contribution is 2.45. The fraction of sp³-hybridized carbons (Fsp3) is 0.550. The molecule has 1 aliphatic heterocycles. The van der Waals surface area contributed by atoms with Crippen LogP contribution >= 0.6 is 0 Å². The Hall–Kier alpha value is -1.59. The summed E-state index contributed by atoms with van der Waals surface area (Å²) in [5, 5.41) is 10.9. The standard InChI is InChI=1S/C20H30O4Si/c1-12(2)25(13(3)4,14(5)6)20(22)15(7)19(21)16-8-9-17-18(10-16)24-11-23-17/h8-10,12-14,19,21H,7,11H2,1-6H3. The van der Waals surface area contributed by atoms with Gasteiger partial charge in [0, 0.05) is 5.57 Å². The summed E-state index contributed by atoms with van der Waals surface area (Å²) in [6.45, 7) is 17.0. The van der Waals surface area contributed by atoms with Gasteiger partial charge in [0.2, 0.25) is 6.79 Å². The largest absolute Gasteiger partial charge is 0.454 e. The molecule has 0 saturated heterocycles. The maximum absolute atomic E-state index is 13.5. The van der Waals surface area contributed by atoms with E-state index in [1.807, 2.05) is 0 Å². The molecule has 0 amide bonds. The van der Waals surface area contributed by atoms with E-state index in [0.29, 0.717) is 22.6 Å². The van der Waals surface area contributed by atoms with Crippen LogP contribution in [0.2, 0.25) is 16.6 Å². The predicted molar refractivity (Wildman–Crippen MR) is 103 cm³/mol. The topological polar surface area (TPSA) is 55.8 Å². The van der Waals surface area contributed by atoms with Gasteiger partial charge in [0.05, 0.1) is 0 Å². The summed E-state index contributed by atoms with van der Waals surface area (Å²) in [7, 11) is -2.36. The summed E-state index contributed by atoms with van der Waals surface area (Å²) in [6.07, 6.45) is -1.02. The van der Waals surface area contributed by atoms with Crippen LogP contribution in [0.1, 0.15) is 53.2 Å². The van der Waals surface area contributed by atoms with Crippen LogP contribution in [-0.2, 0) is 4.79 Å². The molecule has 25 heavy (non-hydrogen) atoms. The predicted octanol–water partition coefficient (Wildman–Crippen LogP) is 4.79. The van der Waals surface area contributed by atoms with Gasteiger partial charge in [-0.1, -0.05) is 54.2 Å². The van der Waals surface area contributed by atoms with Crippen LogP contribution in [0.5, 0.6) is 11.5 Å². The number of ether oxygens (including phenoxy) is 2. The van der Waals surface area contributed by atoms with Crippen molar-refractivity contribution in [3.63, 3.8) is 0 Å². The Morgan fingerprint density at radius 2 is 1.56 bits per heavy atom. The van der Waals surface area contributed by atoms with Crippen molar-refractivity contribution in [2.45, 2.75) is 64.3 Å². The van der Waals surface area contributed by atoms with E-state index in [4.69, 9.17) is 9.47 Å². The molecule has 1 N–H and O–H groups in total. The van der Waals surface area contributed by atoms with E-state index < -0.39 is 14.2 Å². The van der Waals surface area contributed by atoms with Crippen molar-refractivity contribution in [1.82, 2.24) is 0 Å². The summed E-state index contributed by atoms with van der Waals surface area (Å²) < 4.78 is 10.7. The zero-order valence-electron chi connectivity index (χ0n) is 16.1. The number of rotatable bonds is 7. The van der Waals surface area contributed by atoms with E-state index in [2.05, 4.69) is 48.1 Å². The lowest BCUT2D eigenvalue weighted by Gasteiger charge is -2.42. The van der Waals surface area contributed by atoms with Crippen LogP contribution in [-0.4, -0.2) is 25.4 Å². The molecule has 0 aromatic heterocycles. The third-order valence-electron chi connectivity index (χ3n) is 5.59. The Kier molecular flexibility index (Phi) is 5.79. The van der Waals surface area contributed by atoms with Crippen molar-refractivity contribution >= 4 is 13.5 Å². The van der Waals surface area contributed by atoms with Crippen molar-refractivity contribution in [3.05, 3.63) is 35.9 Å². The van der Waals surface area contributed by atoms with Crippen LogP contribution in [0.3, 0.4) is 0 Å². The van der Waals surface area contributed by atoms with Crippen LogP contribution in [0, 0.1) is 0 Å². The third kappa shape index (κ3) is 3.27. The zero-order valence-corrected chi connectivity index (χ0v) is 17.1. The first-order valence-corrected chi connectivity index (χ1v) is 11.2. The molecule has 2 rings (SSSR count). The zero-order chi connectivity index (χ0) is 18.9. The van der Waals surface area contributed by atoms with Gasteiger partial charge < -0.3 is 19.4 Å². The summed E-state index contributed by atoms with van der Waals surface area (Å²) in [5.41, 5.74) is 1.74. The van der Waals surface area contributed by atoms with Gasteiger partial charge in [-0.2, -0.15) is 0 Å². The Labute approximate surface area is 151 Å². The highest BCUT2D eigenvalue weighted by atomic mass is 28.3. The molecule has 0 spiro atoms. The molecule has 5 heteroatoms. The molecule has 1 atom stereocenters. The molecule has 0 aliphatic carbocycles. The molecule has 0 radical (unpaired) electrons. The third-order valence-corrected chi connectivity index (χ3v) is 12.4. The highest BCUT2D eigenvalue weighted by Gasteiger charge is 2.50. The van der Waals surface area contributed by atoms with E-state index in [-0.39, 0.29) is 28.8 Å². The number of aliphatic hydroxyl groups is 1. The lowest BCUT2D eigenvalue weighted by molar-refractivity contribution is -0.110. The fourth-order valence-corrected chi connectivity index (χ4v) is 10.7. The Balaban J connectivity index is 2.35. The number of fused-ring (bicyclic) bond motifs is 1. The summed E-state index contributed by atoms with van der Waals surface area (Å²) in [4.78, 5) is 13.5. The van der Waals surface area contributed by atoms with E-state index in [0.717, 1.165) is 0 Å². The molecule has 4 nitrogen and oxygen atoms in total. The van der Waals surface area contributed by atoms with Gasteiger partial charge in [-0.15, -0.1) is 0 Å². The van der Waals surface area contributed by atoms with Gasteiger partial charge in [-0.3, -0.25) is 0 Å². The molecule has 0 saturated carbocycles. The van der Waals surface area contributed by atoms with Crippen molar-refractivity contribution in [1.29, 1.82) is 0 Å². The van der Waals surface area contributed by atoms with E-state index >= 15 is 0 Å². The molecule has 1 aromatic carbocycles. The maximum Gasteiger partial charge on any atom is 0.231 e. The minimum atomic E-state index is -2.36. The monoisotopic (exact) mass is 362 g/mol. The van der Waals surface area contributed by atoms with E-state index in [1.54, 1.807) is 18.2 Å². The van der Waals surface area contributed by atoms with Crippen LogP contribution < -0.4 is 9.47 Å². The maximum atomic E-state index is 13.5. The van der Waals surface area contributed by atoms with Gasteiger partial charge in [-0.05, 0) is 34.3 Å². The number of hydrogen-bond donors (Lipinski definition) is 1. The first-order chi connectivity index (χ1) is 11.6. The average molecular weight is 363 g/mol. The smallest absolute Gasteiger partial charge is 0.231 e. The molecule has 1 unspecified atom stereocenters. The van der Waals surface area contributed by atoms with Gasteiger partial charge in [0.15, 0.2) is 11.5 Å². The van der Waals surface area contributed by atoms with Gasteiger partial charge >= 0.3 is 0 Å². The lowest BCUT2D eigenvalue weighted by Crippen LogP contribution is -2.53. The second kappa shape index (κ2) is 7.34. The second-order valence-corrected chi connectivity index (χ2v) is 13.6. The normalized spacial score (nSPS) is 15.1. The Morgan fingerprint density at radius 1 is 1.04 bits per heavy atom. The second-order valence-electron chi connectivity index (χ2n) is 7.77. The highest BCUT2D eigenvalue weighted by molar-refractivity contribution is 7.10. The molecule has 1 aliphatic rings. The first kappa shape index (κ1) is 19.7. The molecular formula is C20H30O4Si. The van der Waals surface area contributed by atoms with Crippen molar-refractivity contribution in [2.75, 3.05) is 6.79 Å². The molecule has 1 aromatic rings. The van der Waals surface area contributed by atoms with Crippen LogP contribution in [0.4, 0.5) is 0 Å². The van der Waals surface area contributed by atoms with Gasteiger partial charge in [0.1, 0.15) is 19.6 Å². The van der Waals surface area contributed by atoms with Gasteiger partial charge in [-0.25, -0.2) is 0 Å². The number of hydrogen-bond acceptors (Lipinski definition) is 4. The van der Waals surface area contributed by atoms with Crippen molar-refractivity contribution in [2.24, 2.45) is 0 Å². The van der Waals surface area contributed by atoms with Crippen LogP contribution in [0.25, 0.3) is 0 Å². The summed E-state index contributed by atoms with van der Waals surface area (Å²) in [6, 6.07) is 5.26. The molecule has 0 fully saturated rings. The minimum absolute atomic E-state index is 0.0812. The number of carbonyl (C=O) groups is 1. The number of benzene rings is 1. The minimum Gasteiger partial charge on any atom is -0.454 e. The average Bonchev–Trinajstić information content (AvgIpc) is 3.00. The quantitative estimate of drug-likeness (QED) is 0.559. The fourth-order valence-electron chi connectivity index (χ4n) is 4.47. The van der Waals surface area contributed by atoms with E-state index in [9.17, 15) is 9.90 Å². The molecule has 138 valence electrons. The Morgan fingerprint density at radius 3 is 2.08 bits per heavy atom. The number of carbonyl (C=O) groups excluding carboxylic acids is 1. The van der Waals surface area contributed by atoms with E-state index in [1.165, 1.54) is 0 Å². The molecule has 0 bridgehead atoms. The number of aliphatic hydroxyl groups excluding tert-OH is 1. The SMILES string of the molecule is C=C(C(=O)[Si](C(C)C)(C(C)C)C(C)C)C(O)c1ccc2c(c1)OCO2. The first-order valence-electron chi connectivity index (χ1n) is 8.95. The molecule has 1 heterocycles. The summed E-state index contributed by atoms with van der Waals surface area (Å²) >= 11 is 0. The Bertz CT molecular complexity index is 642. The van der Waals surface area contributed by atoms with Crippen molar-refractivity contribution in [3.8, 4) is 11.5 Å². The van der Waals surface area contributed by atoms with Crippen LogP contribution in [0.15, 0.2) is 30.4 Å².